The average molecular weight is 483 g/mol. The Labute approximate surface area is 196 Å². The minimum absolute atomic E-state index is 0.0373. The first-order valence-corrected chi connectivity index (χ1v) is 12.9. The number of aromatic nitrogens is 4. The Morgan fingerprint density at radius 2 is 1.79 bits per heavy atom. The van der Waals surface area contributed by atoms with Crippen molar-refractivity contribution in [2.75, 3.05) is 43.3 Å². The zero-order valence-corrected chi connectivity index (χ0v) is 19.6. The fourth-order valence-electron chi connectivity index (χ4n) is 4.03. The second kappa shape index (κ2) is 9.16. The predicted molar refractivity (Wildman–Crippen MR) is 131 cm³/mol. The van der Waals surface area contributed by atoms with Crippen molar-refractivity contribution in [3.05, 3.63) is 53.1 Å². The lowest BCUT2D eigenvalue weighted by Crippen LogP contribution is -2.39. The average Bonchev–Trinajstić information content (AvgIpc) is 3.25. The van der Waals surface area contributed by atoms with Crippen molar-refractivity contribution >= 4 is 37.9 Å². The van der Waals surface area contributed by atoms with Gasteiger partial charge in [-0.1, -0.05) is 12.1 Å². The van der Waals surface area contributed by atoms with Crippen LogP contribution in [-0.4, -0.2) is 71.4 Å². The van der Waals surface area contributed by atoms with Crippen LogP contribution in [0.2, 0.25) is 0 Å². The van der Waals surface area contributed by atoms with Gasteiger partial charge >= 0.3 is 0 Å². The number of sulfonamides is 1. The van der Waals surface area contributed by atoms with Crippen LogP contribution in [0.25, 0.3) is 33.1 Å². The summed E-state index contributed by atoms with van der Waals surface area (Å²) in [7, 11) is -3.42. The van der Waals surface area contributed by atoms with Gasteiger partial charge in [0.2, 0.25) is 16.0 Å². The van der Waals surface area contributed by atoms with Crippen LogP contribution < -0.4 is 10.3 Å². The monoisotopic (exact) mass is 482 g/mol. The highest BCUT2D eigenvalue weighted by Gasteiger charge is 2.13. The molecule has 4 aromatic rings. The van der Waals surface area contributed by atoms with Crippen LogP contribution in [0.15, 0.2) is 47.5 Å². The van der Waals surface area contributed by atoms with E-state index in [-0.39, 0.29) is 17.3 Å². The molecule has 2 aromatic heterocycles. The van der Waals surface area contributed by atoms with Gasteiger partial charge in [0.1, 0.15) is 0 Å². The number of hydrogen-bond acceptors (Lipinski definition) is 7. The summed E-state index contributed by atoms with van der Waals surface area (Å²) < 4.78 is 33.2. The zero-order valence-electron chi connectivity index (χ0n) is 18.8. The van der Waals surface area contributed by atoms with E-state index in [2.05, 4.69) is 24.6 Å². The third-order valence-corrected chi connectivity index (χ3v) is 7.30. The molecule has 0 saturated carbocycles. The summed E-state index contributed by atoms with van der Waals surface area (Å²) in [4.78, 5) is 27.2. The van der Waals surface area contributed by atoms with Gasteiger partial charge in [0, 0.05) is 26.2 Å². The van der Waals surface area contributed by atoms with Crippen molar-refractivity contribution in [3.63, 3.8) is 0 Å². The minimum Gasteiger partial charge on any atom is -0.379 e. The molecule has 2 N–H and O–H groups in total. The quantitative estimate of drug-likeness (QED) is 0.413. The Kier molecular flexibility index (Phi) is 6.07. The van der Waals surface area contributed by atoms with Gasteiger partial charge in [-0.05, 0) is 42.3 Å². The fourth-order valence-corrected chi connectivity index (χ4v) is 4.56. The number of morpholine rings is 1. The summed E-state index contributed by atoms with van der Waals surface area (Å²) in [6, 6.07) is 11.2. The number of nitrogens with one attached hydrogen (secondary N) is 2. The van der Waals surface area contributed by atoms with Crippen LogP contribution >= 0.6 is 0 Å². The maximum absolute atomic E-state index is 13.2. The number of benzene rings is 2. The van der Waals surface area contributed by atoms with Crippen LogP contribution in [0.1, 0.15) is 6.92 Å². The van der Waals surface area contributed by atoms with Crippen LogP contribution in [0.3, 0.4) is 0 Å². The second-order valence-electron chi connectivity index (χ2n) is 8.25. The Balaban J connectivity index is 1.43. The van der Waals surface area contributed by atoms with Crippen molar-refractivity contribution in [2.45, 2.75) is 13.5 Å². The number of ether oxygens (including phenoxy) is 1. The van der Waals surface area contributed by atoms with E-state index < -0.39 is 10.0 Å². The molecule has 1 saturated heterocycles. The molecular weight excluding hydrogens is 456 g/mol. The van der Waals surface area contributed by atoms with Crippen molar-refractivity contribution in [1.29, 1.82) is 0 Å². The minimum atomic E-state index is -3.42. The molecule has 0 spiro atoms. The number of rotatable bonds is 7. The van der Waals surface area contributed by atoms with Crippen LogP contribution in [0.4, 0.5) is 5.95 Å². The summed E-state index contributed by atoms with van der Waals surface area (Å²) in [6.07, 6.45) is 1.61. The zero-order chi connectivity index (χ0) is 23.7. The molecule has 1 aliphatic rings. The molecule has 2 aromatic carbocycles. The maximum atomic E-state index is 13.2. The normalized spacial score (nSPS) is 15.2. The summed E-state index contributed by atoms with van der Waals surface area (Å²) in [5, 5.41) is 0.558. The number of hydrogen-bond donors (Lipinski definition) is 2. The van der Waals surface area contributed by atoms with E-state index in [1.54, 1.807) is 17.8 Å². The summed E-state index contributed by atoms with van der Waals surface area (Å²) >= 11 is 0. The van der Waals surface area contributed by atoms with Crippen LogP contribution in [-0.2, 0) is 21.3 Å². The standard InChI is InChI=1S/C23H26N6O4S/c1-2-34(31,32)27-23-25-20-6-4-17(14-21(20)26-23)16-3-5-19-18(13-16)22(30)29(15-24-19)8-7-28-9-11-33-12-10-28/h3-6,13-15H,2,7-12H2,1H3,(H2,25,26,27). The Morgan fingerprint density at radius 3 is 2.56 bits per heavy atom. The Morgan fingerprint density at radius 1 is 1.06 bits per heavy atom. The van der Waals surface area contributed by atoms with E-state index in [1.165, 1.54) is 0 Å². The lowest BCUT2D eigenvalue weighted by atomic mass is 10.0. The number of fused-ring (bicyclic) bond motifs is 2. The summed E-state index contributed by atoms with van der Waals surface area (Å²) in [5.74, 6) is 0.143. The van der Waals surface area contributed by atoms with E-state index in [0.717, 1.165) is 44.0 Å². The van der Waals surface area contributed by atoms with E-state index in [1.807, 2.05) is 36.4 Å². The first-order chi connectivity index (χ1) is 16.4. The summed E-state index contributed by atoms with van der Waals surface area (Å²) in [6.45, 7) is 6.10. The van der Waals surface area contributed by atoms with Gasteiger partial charge in [-0.3, -0.25) is 19.0 Å². The molecule has 0 bridgehead atoms. The van der Waals surface area contributed by atoms with E-state index in [0.29, 0.717) is 28.5 Å². The van der Waals surface area contributed by atoms with Gasteiger partial charge in [-0.15, -0.1) is 0 Å². The molecule has 0 atom stereocenters. The number of aromatic amines is 1. The van der Waals surface area contributed by atoms with Crippen molar-refractivity contribution in [3.8, 4) is 11.1 Å². The lowest BCUT2D eigenvalue weighted by Gasteiger charge is -2.26. The number of H-pyrrole nitrogens is 1. The smallest absolute Gasteiger partial charge is 0.261 e. The molecule has 3 heterocycles. The van der Waals surface area contributed by atoms with E-state index in [9.17, 15) is 13.2 Å². The highest BCUT2D eigenvalue weighted by atomic mass is 32.2. The van der Waals surface area contributed by atoms with Gasteiger partial charge in [-0.25, -0.2) is 18.4 Å². The lowest BCUT2D eigenvalue weighted by molar-refractivity contribution is 0.0362. The van der Waals surface area contributed by atoms with E-state index in [4.69, 9.17) is 4.74 Å². The van der Waals surface area contributed by atoms with Gasteiger partial charge in [0.25, 0.3) is 5.56 Å². The SMILES string of the molecule is CCS(=O)(=O)Nc1nc2ccc(-c3ccc4ncn(CCN5CCOCC5)c(=O)c4c3)cc2[nH]1. The van der Waals surface area contributed by atoms with Gasteiger partial charge in [0.05, 0.1) is 47.2 Å². The Hall–Kier alpha value is -3.28. The molecule has 0 unspecified atom stereocenters. The molecule has 1 aliphatic heterocycles. The number of nitrogens with zero attached hydrogens (tertiary/aromatic N) is 4. The molecule has 0 radical (unpaired) electrons. The largest absolute Gasteiger partial charge is 0.379 e. The van der Waals surface area contributed by atoms with E-state index >= 15 is 0 Å². The van der Waals surface area contributed by atoms with Crippen LogP contribution in [0.5, 0.6) is 0 Å². The highest BCUT2D eigenvalue weighted by Crippen LogP contribution is 2.26. The molecule has 34 heavy (non-hydrogen) atoms. The molecule has 178 valence electrons. The molecule has 10 nitrogen and oxygen atoms in total. The fraction of sp³-hybridized carbons (Fsp3) is 0.348. The third-order valence-electron chi connectivity index (χ3n) is 6.03. The maximum Gasteiger partial charge on any atom is 0.261 e. The van der Waals surface area contributed by atoms with Gasteiger partial charge in [0.15, 0.2) is 0 Å². The third kappa shape index (κ3) is 4.67. The van der Waals surface area contributed by atoms with Gasteiger partial charge < -0.3 is 9.72 Å². The highest BCUT2D eigenvalue weighted by molar-refractivity contribution is 7.92. The molecule has 5 rings (SSSR count). The topological polar surface area (TPSA) is 122 Å². The Bertz CT molecular complexity index is 1510. The van der Waals surface area contributed by atoms with Crippen molar-refractivity contribution in [1.82, 2.24) is 24.4 Å². The second-order valence-corrected chi connectivity index (χ2v) is 10.3. The van der Waals surface area contributed by atoms with Crippen LogP contribution in [0, 0.1) is 0 Å². The van der Waals surface area contributed by atoms with Crippen molar-refractivity contribution < 1.29 is 13.2 Å². The molecule has 1 fully saturated rings. The first kappa shape index (κ1) is 22.5. The predicted octanol–water partition coefficient (Wildman–Crippen LogP) is 2.03. The molecule has 0 aliphatic carbocycles. The molecule has 0 amide bonds. The van der Waals surface area contributed by atoms with Gasteiger partial charge in [-0.2, -0.15) is 0 Å². The molecule has 11 heteroatoms. The number of anilines is 1. The first-order valence-electron chi connectivity index (χ1n) is 11.2. The van der Waals surface area contributed by atoms with Crippen molar-refractivity contribution in [2.24, 2.45) is 0 Å². The molecular formula is C23H26N6O4S. The number of imidazole rings is 1. The summed E-state index contributed by atoms with van der Waals surface area (Å²) in [5.41, 5.74) is 3.66.